The number of nitrogens with zero attached hydrogens (tertiary/aromatic N) is 1. The molecule has 1 heterocycles. The zero-order valence-electron chi connectivity index (χ0n) is 20.0. The number of hydrogen-bond donors (Lipinski definition) is 0. The Balaban J connectivity index is 2.27. The second-order valence-electron chi connectivity index (χ2n) is 10.6. The molecule has 1 aromatic carbocycles. The maximum atomic E-state index is 12.7. The third-order valence-corrected chi connectivity index (χ3v) is 11.0. The summed E-state index contributed by atoms with van der Waals surface area (Å²) in [5, 5.41) is 0.0164. The Morgan fingerprint density at radius 1 is 1.16 bits per heavy atom. The third-order valence-electron chi connectivity index (χ3n) is 5.78. The average Bonchev–Trinajstić information content (AvgIpc) is 2.61. The summed E-state index contributed by atoms with van der Waals surface area (Å²) in [4.78, 5) is 26.0. The van der Waals surface area contributed by atoms with Crippen LogP contribution in [0.1, 0.15) is 58.3 Å². The lowest BCUT2D eigenvalue weighted by Crippen LogP contribution is -2.57. The zero-order chi connectivity index (χ0) is 23.6. The van der Waals surface area contributed by atoms with Crippen LogP contribution in [0.3, 0.4) is 0 Å². The predicted octanol–water partition coefficient (Wildman–Crippen LogP) is 5.88. The van der Waals surface area contributed by atoms with Gasteiger partial charge in [-0.2, -0.15) is 0 Å². The molecule has 8 heteroatoms. The van der Waals surface area contributed by atoms with Gasteiger partial charge in [0.1, 0.15) is 17.5 Å². The summed E-state index contributed by atoms with van der Waals surface area (Å²) in [6, 6.07) is 5.56. The quantitative estimate of drug-likeness (QED) is 0.255. The largest absolute Gasteiger partial charge is 0.487 e. The summed E-state index contributed by atoms with van der Waals surface area (Å²) < 4.78 is 19.6. The van der Waals surface area contributed by atoms with Gasteiger partial charge in [-0.3, -0.25) is 4.79 Å². The third kappa shape index (κ3) is 7.18. The fraction of sp³-hybridized carbons (Fsp3) is 0.652. The number of aldehydes is 1. The Morgan fingerprint density at radius 3 is 2.35 bits per heavy atom. The van der Waals surface area contributed by atoms with Crippen molar-refractivity contribution in [2.24, 2.45) is 0 Å². The van der Waals surface area contributed by atoms with Gasteiger partial charge in [-0.05, 0) is 79.7 Å². The second-order valence-corrected chi connectivity index (χ2v) is 16.6. The minimum Gasteiger partial charge on any atom is -0.487 e. The van der Waals surface area contributed by atoms with E-state index < -0.39 is 13.9 Å². The van der Waals surface area contributed by atoms with Gasteiger partial charge in [0.2, 0.25) is 0 Å². The summed E-state index contributed by atoms with van der Waals surface area (Å²) in [6.07, 6.45) is 0.518. The number of rotatable bonds is 5. The lowest BCUT2D eigenvalue weighted by Gasteiger charge is -2.45. The van der Waals surface area contributed by atoms with Gasteiger partial charge in [0.15, 0.2) is 14.6 Å². The first-order valence-electron chi connectivity index (χ1n) is 10.7. The summed E-state index contributed by atoms with van der Waals surface area (Å²) >= 11 is 2.18. The highest BCUT2D eigenvalue weighted by Gasteiger charge is 2.44. The van der Waals surface area contributed by atoms with Crippen LogP contribution in [-0.2, 0) is 9.16 Å². The number of carbonyl (C=O) groups excluding carboxylic acids is 2. The molecule has 0 N–H and O–H groups in total. The van der Waals surface area contributed by atoms with E-state index in [2.05, 4.69) is 56.5 Å². The van der Waals surface area contributed by atoms with E-state index in [1.807, 2.05) is 39.0 Å². The molecule has 1 amide bonds. The van der Waals surface area contributed by atoms with Gasteiger partial charge in [-0.25, -0.2) is 4.79 Å². The number of amides is 1. The molecule has 1 aromatic rings. The standard InChI is InChI=1S/C23H36INO5Si/c1-22(2,3)29-21(27)25-12-11-19(20(14-25)30-31(7,8)23(4,5)6)28-18-10-9-17(24)13-16(18)15-26/h9-10,13,15,19-20H,11-12,14H2,1-8H3/t19-,20-/m1/s1. The van der Waals surface area contributed by atoms with Gasteiger partial charge in [0.05, 0.1) is 18.2 Å². The van der Waals surface area contributed by atoms with Crippen molar-refractivity contribution in [2.75, 3.05) is 13.1 Å². The van der Waals surface area contributed by atoms with Crippen molar-refractivity contribution < 1.29 is 23.5 Å². The predicted molar refractivity (Wildman–Crippen MR) is 133 cm³/mol. The molecule has 1 aliphatic rings. The molecule has 0 radical (unpaired) electrons. The number of halogens is 1. The van der Waals surface area contributed by atoms with Crippen LogP contribution in [0.25, 0.3) is 0 Å². The summed E-state index contributed by atoms with van der Waals surface area (Å²) in [6.45, 7) is 17.4. The highest BCUT2D eigenvalue weighted by molar-refractivity contribution is 14.1. The van der Waals surface area contributed by atoms with E-state index in [0.29, 0.717) is 30.8 Å². The summed E-state index contributed by atoms with van der Waals surface area (Å²) in [5.74, 6) is 0.551. The van der Waals surface area contributed by atoms with E-state index in [4.69, 9.17) is 13.9 Å². The van der Waals surface area contributed by atoms with Crippen molar-refractivity contribution in [3.63, 3.8) is 0 Å². The SMILES string of the molecule is CC(C)(C)OC(=O)N1CC[C@@H](Oc2ccc(I)cc2C=O)[C@H](O[Si](C)(C)C(C)(C)C)C1. The molecule has 174 valence electrons. The molecule has 0 unspecified atom stereocenters. The van der Waals surface area contributed by atoms with Crippen LogP contribution in [-0.4, -0.2) is 56.5 Å². The van der Waals surface area contributed by atoms with Gasteiger partial charge in [-0.15, -0.1) is 0 Å². The van der Waals surface area contributed by atoms with Crippen molar-refractivity contribution in [3.05, 3.63) is 27.3 Å². The zero-order valence-corrected chi connectivity index (χ0v) is 23.1. The molecular weight excluding hydrogens is 525 g/mol. The lowest BCUT2D eigenvalue weighted by molar-refractivity contribution is -0.0324. The van der Waals surface area contributed by atoms with Gasteiger partial charge in [0, 0.05) is 16.5 Å². The first-order chi connectivity index (χ1) is 14.1. The molecule has 0 aliphatic carbocycles. The summed E-state index contributed by atoms with van der Waals surface area (Å²) in [7, 11) is -2.12. The highest BCUT2D eigenvalue weighted by atomic mass is 127. The molecular formula is C23H36INO5Si. The number of piperidine rings is 1. The Morgan fingerprint density at radius 2 is 1.81 bits per heavy atom. The molecule has 0 saturated carbocycles. The van der Waals surface area contributed by atoms with Crippen molar-refractivity contribution >= 4 is 43.3 Å². The fourth-order valence-electron chi connectivity index (χ4n) is 3.07. The number of benzene rings is 1. The average molecular weight is 562 g/mol. The molecule has 1 aliphatic heterocycles. The minimum atomic E-state index is -2.12. The van der Waals surface area contributed by atoms with Gasteiger partial charge in [0.25, 0.3) is 0 Å². The normalized spacial score (nSPS) is 20.4. The number of hydrogen-bond acceptors (Lipinski definition) is 5. The van der Waals surface area contributed by atoms with Gasteiger partial charge >= 0.3 is 6.09 Å². The molecule has 0 bridgehead atoms. The van der Waals surface area contributed by atoms with E-state index in [1.54, 1.807) is 4.90 Å². The maximum absolute atomic E-state index is 12.7. The molecule has 6 nitrogen and oxygen atoms in total. The smallest absolute Gasteiger partial charge is 0.410 e. The number of ether oxygens (including phenoxy) is 2. The molecule has 31 heavy (non-hydrogen) atoms. The van der Waals surface area contributed by atoms with E-state index in [0.717, 1.165) is 9.86 Å². The molecule has 2 atom stereocenters. The van der Waals surface area contributed by atoms with Crippen LogP contribution in [0.15, 0.2) is 18.2 Å². The molecule has 0 spiro atoms. The van der Waals surface area contributed by atoms with Crippen LogP contribution in [0.2, 0.25) is 18.1 Å². The molecule has 0 aromatic heterocycles. The Bertz CT molecular complexity index is 800. The maximum Gasteiger partial charge on any atom is 0.410 e. The second kappa shape index (κ2) is 9.78. The topological polar surface area (TPSA) is 65.1 Å². The Kier molecular flexibility index (Phi) is 8.24. The van der Waals surface area contributed by atoms with Crippen LogP contribution in [0.4, 0.5) is 4.79 Å². The Labute approximate surface area is 201 Å². The van der Waals surface area contributed by atoms with Crippen molar-refractivity contribution in [1.82, 2.24) is 4.90 Å². The van der Waals surface area contributed by atoms with Gasteiger partial charge < -0.3 is 18.8 Å². The monoisotopic (exact) mass is 561 g/mol. The van der Waals surface area contributed by atoms with Crippen LogP contribution in [0, 0.1) is 3.57 Å². The van der Waals surface area contributed by atoms with Crippen molar-refractivity contribution in [2.45, 2.75) is 83.9 Å². The van der Waals surface area contributed by atoms with Crippen molar-refractivity contribution in [1.29, 1.82) is 0 Å². The minimum absolute atomic E-state index is 0.0164. The molecule has 1 saturated heterocycles. The molecule has 2 rings (SSSR count). The fourth-order valence-corrected chi connectivity index (χ4v) is 4.92. The first-order valence-corrected chi connectivity index (χ1v) is 14.7. The first kappa shape index (κ1) is 26.1. The number of likely N-dealkylation sites (tertiary alicyclic amines) is 1. The van der Waals surface area contributed by atoms with Gasteiger partial charge in [-0.1, -0.05) is 20.8 Å². The highest BCUT2D eigenvalue weighted by Crippen LogP contribution is 2.39. The lowest BCUT2D eigenvalue weighted by atomic mass is 10.0. The summed E-state index contributed by atoms with van der Waals surface area (Å²) in [5.41, 5.74) is -0.0344. The van der Waals surface area contributed by atoms with E-state index in [9.17, 15) is 9.59 Å². The van der Waals surface area contributed by atoms with E-state index >= 15 is 0 Å². The van der Waals surface area contributed by atoms with E-state index in [-0.39, 0.29) is 23.3 Å². The van der Waals surface area contributed by atoms with E-state index in [1.165, 1.54) is 0 Å². The van der Waals surface area contributed by atoms with Crippen molar-refractivity contribution in [3.8, 4) is 5.75 Å². The molecule has 1 fully saturated rings. The van der Waals surface area contributed by atoms with Crippen LogP contribution in [0.5, 0.6) is 5.75 Å². The number of carbonyl (C=O) groups is 2. The Hall–Kier alpha value is -1.13. The van der Waals surface area contributed by atoms with Crippen LogP contribution < -0.4 is 4.74 Å². The van der Waals surface area contributed by atoms with Crippen LogP contribution >= 0.6 is 22.6 Å².